The summed E-state index contributed by atoms with van der Waals surface area (Å²) in [7, 11) is 3.65. The highest BCUT2D eigenvalue weighted by atomic mass is 16.5. The highest BCUT2D eigenvalue weighted by Crippen LogP contribution is 2.25. The van der Waals surface area contributed by atoms with Crippen LogP contribution in [-0.2, 0) is 11.3 Å². The van der Waals surface area contributed by atoms with Gasteiger partial charge in [0.05, 0.1) is 19.2 Å². The van der Waals surface area contributed by atoms with Crippen LogP contribution in [0.5, 0.6) is 0 Å². The molecule has 2 rings (SSSR count). The molecule has 1 aliphatic rings. The first-order valence-electron chi connectivity index (χ1n) is 4.63. The van der Waals surface area contributed by atoms with Gasteiger partial charge in [-0.25, -0.2) is 4.68 Å². The van der Waals surface area contributed by atoms with E-state index in [1.54, 1.807) is 7.11 Å². The van der Waals surface area contributed by atoms with Gasteiger partial charge in [-0.1, -0.05) is 5.21 Å². The predicted molar refractivity (Wildman–Crippen MR) is 52.1 cm³/mol. The minimum absolute atomic E-state index is 0.190. The molecular formula is C8H15N5O. The lowest BCUT2D eigenvalue weighted by Crippen LogP contribution is -2.21. The maximum absolute atomic E-state index is 5.92. The minimum Gasteiger partial charge on any atom is -0.383 e. The van der Waals surface area contributed by atoms with Crippen LogP contribution in [0.2, 0.25) is 0 Å². The molecule has 0 fully saturated rings. The van der Waals surface area contributed by atoms with E-state index in [4.69, 9.17) is 10.5 Å². The van der Waals surface area contributed by atoms with Crippen molar-refractivity contribution in [2.24, 2.45) is 5.73 Å². The average Bonchev–Trinajstić information content (AvgIpc) is 2.70. The lowest BCUT2D eigenvalue weighted by Gasteiger charge is -2.13. The number of fused-ring (bicyclic) bond motifs is 1. The summed E-state index contributed by atoms with van der Waals surface area (Å²) in [6.45, 7) is 2.33. The molecule has 6 heteroatoms. The Kier molecular flexibility index (Phi) is 2.39. The van der Waals surface area contributed by atoms with Crippen molar-refractivity contribution in [2.75, 3.05) is 32.2 Å². The van der Waals surface area contributed by atoms with Crippen molar-refractivity contribution in [3.63, 3.8) is 0 Å². The van der Waals surface area contributed by atoms with E-state index in [1.165, 1.54) is 0 Å². The van der Waals surface area contributed by atoms with E-state index in [0.29, 0.717) is 6.61 Å². The molecule has 78 valence electrons. The molecule has 0 saturated heterocycles. The Hall–Kier alpha value is -1.14. The summed E-state index contributed by atoms with van der Waals surface area (Å²) in [6, 6.07) is -0.190. The number of hydrogen-bond acceptors (Lipinski definition) is 5. The molecule has 0 bridgehead atoms. The van der Waals surface area contributed by atoms with Gasteiger partial charge in [-0.2, -0.15) is 0 Å². The molecule has 0 amide bonds. The summed E-state index contributed by atoms with van der Waals surface area (Å²) in [6.07, 6.45) is 0. The number of anilines is 1. The maximum Gasteiger partial charge on any atom is 0.152 e. The monoisotopic (exact) mass is 197 g/mol. The van der Waals surface area contributed by atoms with Crippen LogP contribution >= 0.6 is 0 Å². The first-order valence-corrected chi connectivity index (χ1v) is 4.63. The first kappa shape index (κ1) is 9.42. The minimum atomic E-state index is -0.190. The van der Waals surface area contributed by atoms with Gasteiger partial charge < -0.3 is 15.4 Å². The Labute approximate surface area is 82.6 Å². The van der Waals surface area contributed by atoms with Gasteiger partial charge in [0, 0.05) is 20.7 Å². The number of ether oxygens (including phenoxy) is 1. The summed E-state index contributed by atoms with van der Waals surface area (Å²) in [4.78, 5) is 2.12. The van der Waals surface area contributed by atoms with Gasteiger partial charge in [0.15, 0.2) is 5.82 Å². The standard InChI is InChI=1S/C8H15N5O/c1-12-3-4-13-8(12)7(10-11-13)6(9)5-14-2/h6H,3-5,9H2,1-2H3. The Morgan fingerprint density at radius 2 is 2.36 bits per heavy atom. The van der Waals surface area contributed by atoms with Crippen molar-refractivity contribution in [1.82, 2.24) is 15.0 Å². The van der Waals surface area contributed by atoms with Crippen LogP contribution in [0.1, 0.15) is 11.7 Å². The van der Waals surface area contributed by atoms with E-state index in [-0.39, 0.29) is 6.04 Å². The largest absolute Gasteiger partial charge is 0.383 e. The van der Waals surface area contributed by atoms with E-state index >= 15 is 0 Å². The molecule has 0 saturated carbocycles. The molecule has 0 aromatic carbocycles. The lowest BCUT2D eigenvalue weighted by atomic mass is 10.2. The van der Waals surface area contributed by atoms with Crippen LogP contribution in [0.4, 0.5) is 5.82 Å². The SMILES string of the molecule is COCC(N)c1nnn2c1N(C)CC2. The molecule has 2 N–H and O–H groups in total. The van der Waals surface area contributed by atoms with Crippen molar-refractivity contribution in [2.45, 2.75) is 12.6 Å². The van der Waals surface area contributed by atoms with Crippen molar-refractivity contribution < 1.29 is 4.74 Å². The maximum atomic E-state index is 5.92. The normalized spacial score (nSPS) is 17.2. The number of nitrogens with zero attached hydrogens (tertiary/aromatic N) is 4. The highest BCUT2D eigenvalue weighted by Gasteiger charge is 2.25. The zero-order chi connectivity index (χ0) is 10.1. The third-order valence-corrected chi connectivity index (χ3v) is 2.44. The third-order valence-electron chi connectivity index (χ3n) is 2.44. The second-order valence-electron chi connectivity index (χ2n) is 3.50. The van der Waals surface area contributed by atoms with Crippen LogP contribution in [-0.4, -0.2) is 42.3 Å². The number of aromatic nitrogens is 3. The molecule has 1 aromatic heterocycles. The van der Waals surface area contributed by atoms with E-state index in [2.05, 4.69) is 15.2 Å². The smallest absolute Gasteiger partial charge is 0.152 e. The second kappa shape index (κ2) is 3.55. The summed E-state index contributed by atoms with van der Waals surface area (Å²) >= 11 is 0. The quantitative estimate of drug-likeness (QED) is 0.699. The second-order valence-corrected chi connectivity index (χ2v) is 3.50. The van der Waals surface area contributed by atoms with Gasteiger partial charge in [-0.3, -0.25) is 0 Å². The molecule has 6 nitrogen and oxygen atoms in total. The molecule has 0 radical (unpaired) electrons. The molecule has 1 atom stereocenters. The Morgan fingerprint density at radius 1 is 1.57 bits per heavy atom. The Morgan fingerprint density at radius 3 is 3.07 bits per heavy atom. The molecule has 1 aliphatic heterocycles. The van der Waals surface area contributed by atoms with Crippen LogP contribution in [0.25, 0.3) is 0 Å². The molecule has 0 spiro atoms. The number of likely N-dealkylation sites (N-methyl/N-ethyl adjacent to an activating group) is 1. The average molecular weight is 197 g/mol. The Bertz CT molecular complexity index is 324. The summed E-state index contributed by atoms with van der Waals surface area (Å²) in [5, 5.41) is 8.11. The molecule has 2 heterocycles. The summed E-state index contributed by atoms with van der Waals surface area (Å²) < 4.78 is 6.88. The van der Waals surface area contributed by atoms with Crippen molar-refractivity contribution in [3.05, 3.63) is 5.69 Å². The Balaban J connectivity index is 2.27. The van der Waals surface area contributed by atoms with Crippen LogP contribution in [0, 0.1) is 0 Å². The lowest BCUT2D eigenvalue weighted by molar-refractivity contribution is 0.179. The van der Waals surface area contributed by atoms with Gasteiger partial charge >= 0.3 is 0 Å². The zero-order valence-electron chi connectivity index (χ0n) is 8.47. The summed E-state index contributed by atoms with van der Waals surface area (Å²) in [5.41, 5.74) is 6.74. The van der Waals surface area contributed by atoms with Crippen LogP contribution in [0.3, 0.4) is 0 Å². The van der Waals surface area contributed by atoms with Crippen LogP contribution < -0.4 is 10.6 Å². The van der Waals surface area contributed by atoms with Gasteiger partial charge in [0.2, 0.25) is 0 Å². The number of methoxy groups -OCH3 is 1. The van der Waals surface area contributed by atoms with Gasteiger partial charge in [-0.05, 0) is 0 Å². The van der Waals surface area contributed by atoms with E-state index in [0.717, 1.165) is 24.6 Å². The van der Waals surface area contributed by atoms with Crippen LogP contribution in [0.15, 0.2) is 0 Å². The molecule has 0 aliphatic carbocycles. The summed E-state index contributed by atoms with van der Waals surface area (Å²) in [5.74, 6) is 1.02. The van der Waals surface area contributed by atoms with E-state index < -0.39 is 0 Å². The van der Waals surface area contributed by atoms with Crippen molar-refractivity contribution >= 4 is 5.82 Å². The molecule has 1 unspecified atom stereocenters. The topological polar surface area (TPSA) is 69.2 Å². The van der Waals surface area contributed by atoms with Crippen molar-refractivity contribution in [1.29, 1.82) is 0 Å². The highest BCUT2D eigenvalue weighted by molar-refractivity contribution is 5.46. The predicted octanol–water partition coefficient (Wildman–Crippen LogP) is -0.626. The van der Waals surface area contributed by atoms with E-state index in [1.807, 2.05) is 11.7 Å². The fourth-order valence-electron chi connectivity index (χ4n) is 1.71. The fraction of sp³-hybridized carbons (Fsp3) is 0.750. The molecule has 1 aromatic rings. The molecule has 14 heavy (non-hydrogen) atoms. The third kappa shape index (κ3) is 1.36. The van der Waals surface area contributed by atoms with Crippen molar-refractivity contribution in [3.8, 4) is 0 Å². The number of hydrogen-bond donors (Lipinski definition) is 1. The first-order chi connectivity index (χ1) is 6.74. The van der Waals surface area contributed by atoms with Gasteiger partial charge in [0.25, 0.3) is 0 Å². The van der Waals surface area contributed by atoms with E-state index in [9.17, 15) is 0 Å². The number of rotatable bonds is 3. The van der Waals surface area contributed by atoms with Gasteiger partial charge in [-0.15, -0.1) is 5.10 Å². The fourth-order valence-corrected chi connectivity index (χ4v) is 1.71. The molecular weight excluding hydrogens is 182 g/mol. The number of nitrogens with two attached hydrogens (primary N) is 1. The zero-order valence-corrected chi connectivity index (χ0v) is 8.47. The van der Waals surface area contributed by atoms with Gasteiger partial charge in [0.1, 0.15) is 5.69 Å².